The standard InChI is InChI=1S/C22H22F5NO2/c1-30-19(29)13-18-20(16-7-9-17(10-8-16)22(25,26)27)28(12-11-21(18,23)24)14-15-5-3-2-4-6-15/h2-10,18,20H,11-14H2,1H3. The molecule has 0 radical (unpaired) electrons. The van der Waals surface area contributed by atoms with E-state index in [4.69, 9.17) is 0 Å². The van der Waals surface area contributed by atoms with Gasteiger partial charge in [-0.1, -0.05) is 42.5 Å². The number of piperidine rings is 1. The fourth-order valence-corrected chi connectivity index (χ4v) is 3.93. The van der Waals surface area contributed by atoms with Gasteiger partial charge in [-0.3, -0.25) is 9.69 Å². The molecule has 2 unspecified atom stereocenters. The monoisotopic (exact) mass is 427 g/mol. The summed E-state index contributed by atoms with van der Waals surface area (Å²) in [5.41, 5.74) is 0.344. The van der Waals surface area contributed by atoms with Crippen molar-refractivity contribution in [1.82, 2.24) is 4.90 Å². The van der Waals surface area contributed by atoms with E-state index in [9.17, 15) is 26.7 Å². The average molecular weight is 427 g/mol. The van der Waals surface area contributed by atoms with Crippen molar-refractivity contribution in [3.8, 4) is 0 Å². The van der Waals surface area contributed by atoms with E-state index in [1.807, 2.05) is 30.3 Å². The van der Waals surface area contributed by atoms with Crippen molar-refractivity contribution < 1.29 is 31.5 Å². The molecule has 0 aromatic heterocycles. The molecule has 8 heteroatoms. The largest absolute Gasteiger partial charge is 0.469 e. The Morgan fingerprint density at radius 1 is 1.10 bits per heavy atom. The maximum Gasteiger partial charge on any atom is 0.416 e. The zero-order valence-electron chi connectivity index (χ0n) is 16.3. The number of hydrogen-bond donors (Lipinski definition) is 0. The van der Waals surface area contributed by atoms with E-state index in [1.165, 1.54) is 12.1 Å². The highest BCUT2D eigenvalue weighted by Crippen LogP contribution is 2.47. The van der Waals surface area contributed by atoms with E-state index in [0.717, 1.165) is 24.8 Å². The molecule has 1 fully saturated rings. The summed E-state index contributed by atoms with van der Waals surface area (Å²) in [5, 5.41) is 0. The highest BCUT2D eigenvalue weighted by molar-refractivity contribution is 5.69. The molecule has 2 aromatic carbocycles. The Labute approximate surface area is 171 Å². The van der Waals surface area contributed by atoms with Crippen LogP contribution in [0, 0.1) is 5.92 Å². The van der Waals surface area contributed by atoms with Gasteiger partial charge in [-0.2, -0.15) is 13.2 Å². The van der Waals surface area contributed by atoms with Crippen LogP contribution in [0.3, 0.4) is 0 Å². The Bertz CT molecular complexity index is 852. The Morgan fingerprint density at radius 3 is 2.30 bits per heavy atom. The summed E-state index contributed by atoms with van der Waals surface area (Å²) in [5.74, 6) is -5.35. The van der Waals surface area contributed by atoms with Crippen LogP contribution in [0.1, 0.15) is 35.6 Å². The smallest absolute Gasteiger partial charge is 0.416 e. The molecule has 1 saturated heterocycles. The summed E-state index contributed by atoms with van der Waals surface area (Å²) in [7, 11) is 1.12. The van der Waals surface area contributed by atoms with Crippen LogP contribution in [0.15, 0.2) is 54.6 Å². The Hall–Kier alpha value is -2.48. The Morgan fingerprint density at radius 2 is 1.73 bits per heavy atom. The first-order valence-corrected chi connectivity index (χ1v) is 9.51. The number of alkyl halides is 5. The molecule has 0 bridgehead atoms. The average Bonchev–Trinajstić information content (AvgIpc) is 2.71. The summed E-state index contributed by atoms with van der Waals surface area (Å²) < 4.78 is 73.2. The molecule has 1 heterocycles. The van der Waals surface area contributed by atoms with E-state index in [2.05, 4.69) is 4.74 Å². The van der Waals surface area contributed by atoms with Gasteiger partial charge < -0.3 is 4.74 Å². The van der Waals surface area contributed by atoms with Gasteiger partial charge in [0.1, 0.15) is 0 Å². The topological polar surface area (TPSA) is 29.5 Å². The molecular formula is C22H22F5NO2. The minimum absolute atomic E-state index is 0.0469. The Kier molecular flexibility index (Phi) is 6.45. The first-order chi connectivity index (χ1) is 14.1. The van der Waals surface area contributed by atoms with Crippen LogP contribution in [0.4, 0.5) is 22.0 Å². The molecule has 2 atom stereocenters. The molecule has 1 aliphatic heterocycles. The third-order valence-corrected chi connectivity index (χ3v) is 5.47. The number of carbonyl (C=O) groups excluding carboxylic acids is 1. The van der Waals surface area contributed by atoms with Gasteiger partial charge in [0.2, 0.25) is 0 Å². The van der Waals surface area contributed by atoms with Crippen molar-refractivity contribution >= 4 is 5.97 Å². The predicted octanol–water partition coefficient (Wildman–Crippen LogP) is 5.47. The van der Waals surface area contributed by atoms with Gasteiger partial charge in [-0.15, -0.1) is 0 Å². The highest BCUT2D eigenvalue weighted by atomic mass is 19.4. The predicted molar refractivity (Wildman–Crippen MR) is 101 cm³/mol. The third-order valence-electron chi connectivity index (χ3n) is 5.47. The summed E-state index contributed by atoms with van der Waals surface area (Å²) in [6, 6.07) is 12.5. The fourth-order valence-electron chi connectivity index (χ4n) is 3.93. The number of benzene rings is 2. The van der Waals surface area contributed by atoms with E-state index in [0.29, 0.717) is 12.1 Å². The number of halogens is 5. The SMILES string of the molecule is COC(=O)CC1C(c2ccc(C(F)(F)F)cc2)N(Cc2ccccc2)CCC1(F)F. The highest BCUT2D eigenvalue weighted by Gasteiger charge is 2.51. The van der Waals surface area contributed by atoms with Crippen LogP contribution in [-0.2, 0) is 22.3 Å². The lowest BCUT2D eigenvalue weighted by Gasteiger charge is -2.45. The first-order valence-electron chi connectivity index (χ1n) is 9.51. The molecule has 2 aromatic rings. The molecule has 0 N–H and O–H groups in total. The van der Waals surface area contributed by atoms with Gasteiger partial charge >= 0.3 is 12.1 Å². The molecule has 0 saturated carbocycles. The molecule has 0 aliphatic carbocycles. The number of likely N-dealkylation sites (tertiary alicyclic amines) is 1. The number of ether oxygens (including phenoxy) is 1. The number of esters is 1. The van der Waals surface area contributed by atoms with Crippen molar-refractivity contribution in [3.63, 3.8) is 0 Å². The summed E-state index contributed by atoms with van der Waals surface area (Å²) >= 11 is 0. The lowest BCUT2D eigenvalue weighted by molar-refractivity contribution is -0.161. The number of methoxy groups -OCH3 is 1. The number of nitrogens with zero attached hydrogens (tertiary/aromatic N) is 1. The van der Waals surface area contributed by atoms with Gasteiger partial charge in [-0.25, -0.2) is 8.78 Å². The minimum Gasteiger partial charge on any atom is -0.469 e. The second-order valence-electron chi connectivity index (χ2n) is 7.42. The van der Waals surface area contributed by atoms with Gasteiger partial charge in [0.05, 0.1) is 25.0 Å². The molecule has 30 heavy (non-hydrogen) atoms. The van der Waals surface area contributed by atoms with Crippen LogP contribution in [0.2, 0.25) is 0 Å². The maximum atomic E-state index is 14.9. The summed E-state index contributed by atoms with van der Waals surface area (Å²) in [6.45, 7) is 0.380. The molecule has 3 rings (SSSR count). The van der Waals surface area contributed by atoms with Crippen LogP contribution < -0.4 is 0 Å². The lowest BCUT2D eigenvalue weighted by Crippen LogP contribution is -2.49. The van der Waals surface area contributed by atoms with Crippen molar-refractivity contribution in [2.45, 2.75) is 37.5 Å². The normalized spacial score (nSPS) is 21.9. The van der Waals surface area contributed by atoms with Crippen molar-refractivity contribution in [1.29, 1.82) is 0 Å². The van der Waals surface area contributed by atoms with Crippen LogP contribution >= 0.6 is 0 Å². The van der Waals surface area contributed by atoms with E-state index >= 15 is 0 Å². The summed E-state index contributed by atoms with van der Waals surface area (Å²) in [6.07, 6.45) is -5.50. The molecule has 162 valence electrons. The van der Waals surface area contributed by atoms with E-state index in [-0.39, 0.29) is 6.54 Å². The maximum absolute atomic E-state index is 14.9. The fraction of sp³-hybridized carbons (Fsp3) is 0.409. The van der Waals surface area contributed by atoms with Gasteiger partial charge in [0.25, 0.3) is 5.92 Å². The second-order valence-corrected chi connectivity index (χ2v) is 7.42. The summed E-state index contributed by atoms with van der Waals surface area (Å²) in [4.78, 5) is 13.7. The zero-order valence-corrected chi connectivity index (χ0v) is 16.3. The van der Waals surface area contributed by atoms with Crippen LogP contribution in [-0.4, -0.2) is 30.4 Å². The van der Waals surface area contributed by atoms with Crippen molar-refractivity contribution in [3.05, 3.63) is 71.3 Å². The minimum atomic E-state index is -4.52. The second kappa shape index (κ2) is 8.71. The molecular weight excluding hydrogens is 405 g/mol. The van der Waals surface area contributed by atoms with E-state index in [1.54, 1.807) is 4.90 Å². The third kappa shape index (κ3) is 4.98. The zero-order chi connectivity index (χ0) is 21.9. The molecule has 3 nitrogen and oxygen atoms in total. The lowest BCUT2D eigenvalue weighted by atomic mass is 9.79. The van der Waals surface area contributed by atoms with Crippen LogP contribution in [0.25, 0.3) is 0 Å². The van der Waals surface area contributed by atoms with Crippen molar-refractivity contribution in [2.75, 3.05) is 13.7 Å². The van der Waals surface area contributed by atoms with Gasteiger partial charge in [-0.05, 0) is 23.3 Å². The van der Waals surface area contributed by atoms with Gasteiger partial charge in [0.15, 0.2) is 0 Å². The molecule has 1 aliphatic rings. The first kappa shape index (κ1) is 22.2. The number of carbonyl (C=O) groups is 1. The quantitative estimate of drug-likeness (QED) is 0.468. The molecule has 0 spiro atoms. The van der Waals surface area contributed by atoms with E-state index < -0.39 is 48.4 Å². The number of hydrogen-bond acceptors (Lipinski definition) is 3. The Balaban J connectivity index is 2.00. The van der Waals surface area contributed by atoms with Crippen LogP contribution in [0.5, 0.6) is 0 Å². The molecule has 0 amide bonds. The number of rotatable bonds is 5. The van der Waals surface area contributed by atoms with Crippen molar-refractivity contribution in [2.24, 2.45) is 5.92 Å². The van der Waals surface area contributed by atoms with Gasteiger partial charge in [0, 0.05) is 25.6 Å².